The van der Waals surface area contributed by atoms with Gasteiger partial charge in [-0.25, -0.2) is 4.39 Å². The van der Waals surface area contributed by atoms with Crippen molar-refractivity contribution in [3.63, 3.8) is 0 Å². The van der Waals surface area contributed by atoms with Gasteiger partial charge in [0.1, 0.15) is 17.3 Å². The molecule has 0 spiro atoms. The summed E-state index contributed by atoms with van der Waals surface area (Å²) in [7, 11) is 0. The van der Waals surface area contributed by atoms with Crippen LogP contribution in [-0.2, 0) is 6.54 Å². The first-order chi connectivity index (χ1) is 9.47. The maximum absolute atomic E-state index is 13.0. The third-order valence-corrected chi connectivity index (χ3v) is 2.95. The number of nitro benzene ring substituents is 1. The van der Waals surface area contributed by atoms with Crippen LogP contribution in [0.25, 0.3) is 0 Å². The van der Waals surface area contributed by atoms with Crippen molar-refractivity contribution >= 4 is 11.4 Å². The third-order valence-electron chi connectivity index (χ3n) is 2.95. The van der Waals surface area contributed by atoms with E-state index in [2.05, 4.69) is 5.32 Å². The molecule has 0 saturated heterocycles. The number of nitro groups is 1. The molecule has 0 unspecified atom stereocenters. The number of aromatic hydroxyl groups is 1. The van der Waals surface area contributed by atoms with Gasteiger partial charge < -0.3 is 10.4 Å². The lowest BCUT2D eigenvalue weighted by Gasteiger charge is -2.09. The van der Waals surface area contributed by atoms with Crippen LogP contribution in [0.1, 0.15) is 11.1 Å². The number of benzene rings is 2. The molecule has 0 radical (unpaired) electrons. The molecule has 0 heterocycles. The van der Waals surface area contributed by atoms with Gasteiger partial charge >= 0.3 is 0 Å². The van der Waals surface area contributed by atoms with Crippen molar-refractivity contribution in [1.29, 1.82) is 0 Å². The molecule has 0 aliphatic rings. The first kappa shape index (κ1) is 13.8. The van der Waals surface area contributed by atoms with E-state index in [0.717, 1.165) is 17.2 Å². The molecule has 0 aromatic heterocycles. The Kier molecular flexibility index (Phi) is 3.84. The number of halogens is 1. The summed E-state index contributed by atoms with van der Waals surface area (Å²) in [5, 5.41) is 23.1. The molecule has 2 rings (SSSR count). The Labute approximate surface area is 114 Å². The average molecular weight is 276 g/mol. The Hall–Kier alpha value is -2.63. The molecule has 0 aliphatic carbocycles. The minimum absolute atomic E-state index is 0.166. The zero-order valence-corrected chi connectivity index (χ0v) is 10.8. The molecule has 0 aliphatic heterocycles. The number of phenols is 1. The van der Waals surface area contributed by atoms with Gasteiger partial charge in [-0.3, -0.25) is 10.1 Å². The molecule has 2 aromatic rings. The van der Waals surface area contributed by atoms with Crippen molar-refractivity contribution < 1.29 is 14.4 Å². The summed E-state index contributed by atoms with van der Waals surface area (Å²) >= 11 is 0. The molecule has 104 valence electrons. The fraction of sp³-hybridized carbons (Fsp3) is 0.143. The van der Waals surface area contributed by atoms with Crippen LogP contribution in [0.15, 0.2) is 36.4 Å². The van der Waals surface area contributed by atoms with Gasteiger partial charge in [0.25, 0.3) is 5.69 Å². The van der Waals surface area contributed by atoms with Crippen LogP contribution in [0.3, 0.4) is 0 Å². The summed E-state index contributed by atoms with van der Waals surface area (Å²) in [5.41, 5.74) is 1.70. The van der Waals surface area contributed by atoms with Crippen LogP contribution in [0.4, 0.5) is 15.8 Å². The molecular formula is C14H13FN2O3. The molecule has 6 heteroatoms. The van der Waals surface area contributed by atoms with Crippen LogP contribution in [0, 0.1) is 22.9 Å². The zero-order chi connectivity index (χ0) is 14.7. The molecular weight excluding hydrogens is 263 g/mol. The second kappa shape index (κ2) is 5.56. The lowest BCUT2D eigenvalue weighted by molar-refractivity contribution is -0.384. The maximum atomic E-state index is 13.0. The van der Waals surface area contributed by atoms with Gasteiger partial charge in [-0.2, -0.15) is 0 Å². The summed E-state index contributed by atoms with van der Waals surface area (Å²) in [6.45, 7) is 2.10. The van der Waals surface area contributed by atoms with E-state index in [9.17, 15) is 19.6 Å². The lowest BCUT2D eigenvalue weighted by atomic mass is 10.1. The summed E-state index contributed by atoms with van der Waals surface area (Å²) in [4.78, 5) is 10.3. The molecule has 20 heavy (non-hydrogen) atoms. The number of aryl methyl sites for hydroxylation is 1. The molecule has 2 N–H and O–H groups in total. The predicted molar refractivity (Wildman–Crippen MR) is 73.2 cm³/mol. The van der Waals surface area contributed by atoms with E-state index in [1.807, 2.05) is 0 Å². The van der Waals surface area contributed by atoms with Crippen molar-refractivity contribution in [2.45, 2.75) is 13.5 Å². The summed E-state index contributed by atoms with van der Waals surface area (Å²) in [5.74, 6) is -0.484. The van der Waals surface area contributed by atoms with Gasteiger partial charge in [0.2, 0.25) is 0 Å². The molecule has 0 amide bonds. The Bertz CT molecular complexity index is 659. The van der Waals surface area contributed by atoms with Crippen molar-refractivity contribution in [2.24, 2.45) is 0 Å². The summed E-state index contributed by atoms with van der Waals surface area (Å²) < 4.78 is 13.0. The van der Waals surface area contributed by atoms with Crippen molar-refractivity contribution in [1.82, 2.24) is 0 Å². The quantitative estimate of drug-likeness (QED) is 0.510. The number of nitrogens with one attached hydrogen (secondary N) is 1. The molecule has 0 saturated carbocycles. The van der Waals surface area contributed by atoms with E-state index < -0.39 is 4.92 Å². The number of hydrogen-bond donors (Lipinski definition) is 2. The minimum atomic E-state index is -0.570. The highest BCUT2D eigenvalue weighted by Crippen LogP contribution is 2.28. The van der Waals surface area contributed by atoms with Gasteiger partial charge in [0, 0.05) is 6.54 Å². The summed E-state index contributed by atoms with van der Waals surface area (Å²) in [6.07, 6.45) is 0. The fourth-order valence-corrected chi connectivity index (χ4v) is 1.87. The molecule has 0 fully saturated rings. The largest absolute Gasteiger partial charge is 0.508 e. The Balaban J connectivity index is 2.20. The average Bonchev–Trinajstić information content (AvgIpc) is 2.38. The third kappa shape index (κ3) is 3.03. The van der Waals surface area contributed by atoms with E-state index in [0.29, 0.717) is 12.2 Å². The Morgan fingerprint density at radius 1 is 1.30 bits per heavy atom. The van der Waals surface area contributed by atoms with E-state index in [-0.39, 0.29) is 17.3 Å². The standard InChI is InChI=1S/C14H13FN2O3/c1-9-6-11(15)3-2-10(9)8-16-13-5-4-12(18)7-14(13)17(19)20/h2-7,16,18H,8H2,1H3. The van der Waals surface area contributed by atoms with Crippen LogP contribution in [0.5, 0.6) is 5.75 Å². The second-order valence-corrected chi connectivity index (χ2v) is 4.38. The van der Waals surface area contributed by atoms with Gasteiger partial charge in [-0.15, -0.1) is 0 Å². The highest BCUT2D eigenvalue weighted by molar-refractivity contribution is 5.63. The van der Waals surface area contributed by atoms with Gasteiger partial charge in [-0.1, -0.05) is 6.07 Å². The van der Waals surface area contributed by atoms with E-state index in [1.165, 1.54) is 24.3 Å². The topological polar surface area (TPSA) is 75.4 Å². The molecule has 2 aromatic carbocycles. The normalized spacial score (nSPS) is 10.3. The molecule has 0 bridgehead atoms. The zero-order valence-electron chi connectivity index (χ0n) is 10.8. The molecule has 5 nitrogen and oxygen atoms in total. The van der Waals surface area contributed by atoms with Crippen LogP contribution in [0.2, 0.25) is 0 Å². The van der Waals surface area contributed by atoms with E-state index >= 15 is 0 Å². The second-order valence-electron chi connectivity index (χ2n) is 4.38. The van der Waals surface area contributed by atoms with Crippen LogP contribution in [-0.4, -0.2) is 10.0 Å². The highest BCUT2D eigenvalue weighted by Gasteiger charge is 2.14. The van der Waals surface area contributed by atoms with Gasteiger partial charge in [0.15, 0.2) is 0 Å². The SMILES string of the molecule is Cc1cc(F)ccc1CNc1ccc(O)cc1[N+](=O)[O-]. The smallest absolute Gasteiger partial charge is 0.296 e. The monoisotopic (exact) mass is 276 g/mol. The van der Waals surface area contributed by atoms with Crippen molar-refractivity contribution in [2.75, 3.05) is 5.32 Å². The fourth-order valence-electron chi connectivity index (χ4n) is 1.87. The number of hydrogen-bond acceptors (Lipinski definition) is 4. The first-order valence-corrected chi connectivity index (χ1v) is 5.93. The Morgan fingerprint density at radius 2 is 2.05 bits per heavy atom. The number of phenolic OH excluding ortho intramolecular Hbond substituents is 1. The van der Waals surface area contributed by atoms with E-state index in [1.54, 1.807) is 13.0 Å². The van der Waals surface area contributed by atoms with E-state index in [4.69, 9.17) is 0 Å². The summed E-state index contributed by atoms with van der Waals surface area (Å²) in [6, 6.07) is 8.26. The molecule has 0 atom stereocenters. The minimum Gasteiger partial charge on any atom is -0.508 e. The highest BCUT2D eigenvalue weighted by atomic mass is 19.1. The van der Waals surface area contributed by atoms with Crippen LogP contribution >= 0.6 is 0 Å². The van der Waals surface area contributed by atoms with Gasteiger partial charge in [0.05, 0.1) is 11.0 Å². The first-order valence-electron chi connectivity index (χ1n) is 5.93. The van der Waals surface area contributed by atoms with Crippen molar-refractivity contribution in [3.8, 4) is 5.75 Å². The number of rotatable bonds is 4. The maximum Gasteiger partial charge on any atom is 0.296 e. The lowest BCUT2D eigenvalue weighted by Crippen LogP contribution is -2.04. The van der Waals surface area contributed by atoms with Gasteiger partial charge in [-0.05, 0) is 42.3 Å². The predicted octanol–water partition coefficient (Wildman–Crippen LogP) is 3.36. The number of nitrogens with zero attached hydrogens (tertiary/aromatic N) is 1. The number of anilines is 1. The van der Waals surface area contributed by atoms with Crippen molar-refractivity contribution in [3.05, 3.63) is 63.5 Å². The Morgan fingerprint density at radius 3 is 2.70 bits per heavy atom. The van der Waals surface area contributed by atoms with Crippen LogP contribution < -0.4 is 5.32 Å².